The van der Waals surface area contributed by atoms with Crippen molar-refractivity contribution < 1.29 is 9.90 Å². The van der Waals surface area contributed by atoms with Crippen LogP contribution in [0.25, 0.3) is 0 Å². The van der Waals surface area contributed by atoms with Gasteiger partial charge in [0.2, 0.25) is 0 Å². The van der Waals surface area contributed by atoms with Crippen molar-refractivity contribution in [2.45, 2.75) is 45.4 Å². The Labute approximate surface area is 81.4 Å². The summed E-state index contributed by atoms with van der Waals surface area (Å²) in [6.45, 7) is 2.15. The van der Waals surface area contributed by atoms with Gasteiger partial charge in [-0.2, -0.15) is 0 Å². The maximum atomic E-state index is 10.0. The normalized spacial score (nSPS) is 8.82. The number of carboxylic acids is 1. The summed E-state index contributed by atoms with van der Waals surface area (Å²) in [6.07, 6.45) is 5.88. The molecule has 2 nitrogen and oxygen atoms in total. The van der Waals surface area contributed by atoms with E-state index in [-0.39, 0.29) is 19.8 Å². The van der Waals surface area contributed by atoms with Gasteiger partial charge in [-0.3, -0.25) is 4.79 Å². The summed E-state index contributed by atoms with van der Waals surface area (Å²) in [5.74, 6) is -0.670. The van der Waals surface area contributed by atoms with Crippen LogP contribution in [-0.4, -0.2) is 30.9 Å². The molecule has 0 bridgehead atoms. The molecule has 0 heterocycles. The van der Waals surface area contributed by atoms with E-state index in [9.17, 15) is 4.79 Å². The molecule has 0 aliphatic rings. The molecule has 0 saturated carbocycles. The summed E-state index contributed by atoms with van der Waals surface area (Å²) in [6, 6.07) is 0. The summed E-state index contributed by atoms with van der Waals surface area (Å²) in [5.41, 5.74) is 0. The SMILES string of the molecule is CCCCCCCC(=O)O.[GaH3]. The second-order valence-corrected chi connectivity index (χ2v) is 2.56. The molecule has 3 heteroatoms. The first-order chi connectivity index (χ1) is 4.77. The van der Waals surface area contributed by atoms with Crippen molar-refractivity contribution >= 4 is 25.8 Å². The first-order valence-corrected chi connectivity index (χ1v) is 3.99. The second-order valence-electron chi connectivity index (χ2n) is 2.56. The Hall–Kier alpha value is 0.106. The summed E-state index contributed by atoms with van der Waals surface area (Å²) in [5, 5.41) is 8.27. The third-order valence-electron chi connectivity index (χ3n) is 1.49. The molecule has 0 spiro atoms. The third kappa shape index (κ3) is 13.2. The van der Waals surface area contributed by atoms with Gasteiger partial charge in [-0.25, -0.2) is 0 Å². The maximum absolute atomic E-state index is 10.0. The van der Waals surface area contributed by atoms with Crippen LogP contribution < -0.4 is 0 Å². The fraction of sp³-hybridized carbons (Fsp3) is 0.875. The van der Waals surface area contributed by atoms with Crippen LogP contribution in [0.1, 0.15) is 45.4 Å². The Morgan fingerprint density at radius 2 is 1.73 bits per heavy atom. The molecule has 0 aromatic heterocycles. The minimum atomic E-state index is -0.670. The zero-order valence-corrected chi connectivity index (χ0v) is 6.60. The van der Waals surface area contributed by atoms with Crippen molar-refractivity contribution in [1.82, 2.24) is 0 Å². The van der Waals surface area contributed by atoms with Crippen LogP contribution in [0.4, 0.5) is 0 Å². The van der Waals surface area contributed by atoms with E-state index in [2.05, 4.69) is 6.92 Å². The van der Waals surface area contributed by atoms with Crippen LogP contribution in [0.5, 0.6) is 0 Å². The molecule has 0 aromatic rings. The molecule has 0 aromatic carbocycles. The molecule has 0 aliphatic heterocycles. The minimum absolute atomic E-state index is 0. The van der Waals surface area contributed by atoms with Crippen molar-refractivity contribution in [1.29, 1.82) is 0 Å². The van der Waals surface area contributed by atoms with Crippen LogP contribution >= 0.6 is 0 Å². The molecule has 11 heavy (non-hydrogen) atoms. The number of rotatable bonds is 6. The van der Waals surface area contributed by atoms with Gasteiger partial charge in [0.25, 0.3) is 0 Å². The fourth-order valence-electron chi connectivity index (χ4n) is 0.880. The first kappa shape index (κ1) is 13.7. The topological polar surface area (TPSA) is 37.3 Å². The Morgan fingerprint density at radius 3 is 2.18 bits per heavy atom. The number of carboxylic acid groups (broad SMARTS) is 1. The van der Waals surface area contributed by atoms with Crippen molar-refractivity contribution in [2.75, 3.05) is 0 Å². The molecule has 0 atom stereocenters. The molecular formula is C8H19GaO2. The number of hydrogen-bond donors (Lipinski definition) is 1. The van der Waals surface area contributed by atoms with Crippen molar-refractivity contribution in [3.63, 3.8) is 0 Å². The van der Waals surface area contributed by atoms with Crippen LogP contribution in [0.2, 0.25) is 0 Å². The quantitative estimate of drug-likeness (QED) is 0.536. The first-order valence-electron chi connectivity index (χ1n) is 3.99. The predicted octanol–water partition coefficient (Wildman–Crippen LogP) is 1.25. The Bertz CT molecular complexity index is 94.1. The zero-order valence-electron chi connectivity index (χ0n) is 6.60. The van der Waals surface area contributed by atoms with Gasteiger partial charge in [0.05, 0.1) is 0 Å². The third-order valence-corrected chi connectivity index (χ3v) is 1.49. The molecular weight excluding hydrogens is 198 g/mol. The van der Waals surface area contributed by atoms with E-state index in [1.807, 2.05) is 0 Å². The fourth-order valence-corrected chi connectivity index (χ4v) is 0.880. The van der Waals surface area contributed by atoms with Gasteiger partial charge in [-0.05, 0) is 6.42 Å². The van der Waals surface area contributed by atoms with Gasteiger partial charge in [-0.15, -0.1) is 0 Å². The van der Waals surface area contributed by atoms with Crippen LogP contribution in [-0.2, 0) is 4.79 Å². The van der Waals surface area contributed by atoms with Gasteiger partial charge in [0.15, 0.2) is 0 Å². The van der Waals surface area contributed by atoms with Crippen LogP contribution in [0.3, 0.4) is 0 Å². The van der Waals surface area contributed by atoms with E-state index in [4.69, 9.17) is 5.11 Å². The summed E-state index contributed by atoms with van der Waals surface area (Å²) >= 11 is 0. The van der Waals surface area contributed by atoms with E-state index in [1.54, 1.807) is 0 Å². The van der Waals surface area contributed by atoms with Crippen LogP contribution in [0.15, 0.2) is 0 Å². The van der Waals surface area contributed by atoms with Gasteiger partial charge in [0.1, 0.15) is 0 Å². The van der Waals surface area contributed by atoms with E-state index < -0.39 is 5.97 Å². The standard InChI is InChI=1S/C8H16O2.Ga.3H/c1-2-3-4-5-6-7-8(9)10;;;;/h2-7H2,1H3,(H,9,10);;;;. The Kier molecular flexibility index (Phi) is 12.6. The van der Waals surface area contributed by atoms with Gasteiger partial charge >= 0.3 is 25.8 Å². The molecule has 0 aliphatic carbocycles. The molecule has 0 radical (unpaired) electrons. The average Bonchev–Trinajstić information content (AvgIpc) is 1.87. The van der Waals surface area contributed by atoms with E-state index in [0.29, 0.717) is 6.42 Å². The molecule has 0 rings (SSSR count). The van der Waals surface area contributed by atoms with Crippen molar-refractivity contribution in [2.24, 2.45) is 0 Å². The molecule has 0 saturated heterocycles. The summed E-state index contributed by atoms with van der Waals surface area (Å²) < 4.78 is 0. The Balaban J connectivity index is 0. The van der Waals surface area contributed by atoms with Gasteiger partial charge in [-0.1, -0.05) is 32.6 Å². The number of aliphatic carboxylic acids is 1. The monoisotopic (exact) mass is 216 g/mol. The number of carbonyl (C=O) groups is 1. The van der Waals surface area contributed by atoms with E-state index in [1.165, 1.54) is 19.3 Å². The van der Waals surface area contributed by atoms with E-state index in [0.717, 1.165) is 12.8 Å². The predicted molar refractivity (Wildman–Crippen MR) is 51.0 cm³/mol. The van der Waals surface area contributed by atoms with Crippen molar-refractivity contribution in [3.05, 3.63) is 0 Å². The summed E-state index contributed by atoms with van der Waals surface area (Å²) in [7, 11) is 0. The molecule has 66 valence electrons. The zero-order chi connectivity index (χ0) is 7.82. The molecule has 0 fully saturated rings. The average molecular weight is 217 g/mol. The molecule has 0 unspecified atom stereocenters. The van der Waals surface area contributed by atoms with Crippen molar-refractivity contribution in [3.8, 4) is 0 Å². The second kappa shape index (κ2) is 10.1. The van der Waals surface area contributed by atoms with Gasteiger partial charge in [0, 0.05) is 6.42 Å². The number of unbranched alkanes of at least 4 members (excludes halogenated alkanes) is 4. The van der Waals surface area contributed by atoms with Crippen LogP contribution in [0, 0.1) is 0 Å². The molecule has 1 N–H and O–H groups in total. The Morgan fingerprint density at radius 1 is 1.18 bits per heavy atom. The summed E-state index contributed by atoms with van der Waals surface area (Å²) in [4.78, 5) is 10.0. The number of hydrogen-bond acceptors (Lipinski definition) is 1. The van der Waals surface area contributed by atoms with Gasteiger partial charge < -0.3 is 5.11 Å². The molecule has 0 amide bonds. The van der Waals surface area contributed by atoms with E-state index >= 15 is 0 Å².